The van der Waals surface area contributed by atoms with Gasteiger partial charge in [0.05, 0.1) is 17.7 Å². The molecule has 2 aromatic carbocycles. The van der Waals surface area contributed by atoms with Gasteiger partial charge in [-0.25, -0.2) is 0 Å². The number of unbranched alkanes of at least 4 members (excludes halogenated alkanes) is 6. The highest BCUT2D eigenvalue weighted by molar-refractivity contribution is 6.13. The molecule has 0 fully saturated rings. The average molecular weight is 478 g/mol. The summed E-state index contributed by atoms with van der Waals surface area (Å²) >= 11 is 0. The zero-order valence-corrected chi connectivity index (χ0v) is 22.0. The van der Waals surface area contributed by atoms with Gasteiger partial charge >= 0.3 is 5.97 Å². The van der Waals surface area contributed by atoms with Gasteiger partial charge in [-0.1, -0.05) is 106 Å². The molecule has 190 valence electrons. The van der Waals surface area contributed by atoms with Gasteiger partial charge in [0.2, 0.25) is 0 Å². The molecule has 1 N–H and O–H groups in total. The van der Waals surface area contributed by atoms with Crippen molar-refractivity contribution in [3.63, 3.8) is 0 Å². The number of allylic oxidation sites excluding steroid dienone is 1. The molecule has 2 rings (SSSR count). The normalized spacial score (nSPS) is 13.4. The number of rotatable bonds is 14. The lowest BCUT2D eigenvalue weighted by atomic mass is 9.97. The first-order chi connectivity index (χ1) is 16.9. The second kappa shape index (κ2) is 15.3. The van der Waals surface area contributed by atoms with Gasteiger partial charge in [-0.2, -0.15) is 0 Å². The van der Waals surface area contributed by atoms with Gasteiger partial charge in [-0.05, 0) is 39.7 Å². The maximum atomic E-state index is 12.8. The second-order valence-electron chi connectivity index (χ2n) is 10.1. The number of esters is 1. The van der Waals surface area contributed by atoms with Crippen molar-refractivity contribution in [3.05, 3.63) is 83.9 Å². The first kappa shape index (κ1) is 28.5. The number of ether oxygens (including phenoxy) is 1. The summed E-state index contributed by atoms with van der Waals surface area (Å²) in [7, 11) is 0. The minimum Gasteiger partial charge on any atom is -0.455 e. The lowest BCUT2D eigenvalue weighted by Crippen LogP contribution is -2.36. The predicted octanol–water partition coefficient (Wildman–Crippen LogP) is 7.15. The Hall–Kier alpha value is -2.72. The fourth-order valence-corrected chi connectivity index (χ4v) is 3.71. The van der Waals surface area contributed by atoms with E-state index >= 15 is 0 Å². The highest BCUT2D eigenvalue weighted by Gasteiger charge is 2.29. The van der Waals surface area contributed by atoms with E-state index in [2.05, 4.69) is 13.0 Å². The summed E-state index contributed by atoms with van der Waals surface area (Å²) in [5.74, 6) is -0.304. The Kier molecular flexibility index (Phi) is 12.5. The number of aliphatic hydroxyl groups excluding tert-OH is 1. The number of carbonyl (C=O) groups is 1. The molecule has 0 aliphatic carbocycles. The third-order valence-electron chi connectivity index (χ3n) is 5.86. The first-order valence-electron chi connectivity index (χ1n) is 13.0. The van der Waals surface area contributed by atoms with E-state index in [0.717, 1.165) is 29.7 Å². The van der Waals surface area contributed by atoms with E-state index in [1.54, 1.807) is 0 Å². The fourth-order valence-electron chi connectivity index (χ4n) is 3.71. The smallest absolute Gasteiger partial charge is 0.311 e. The first-order valence-corrected chi connectivity index (χ1v) is 13.0. The third kappa shape index (κ3) is 10.2. The van der Waals surface area contributed by atoms with Crippen LogP contribution in [0.4, 0.5) is 0 Å². The summed E-state index contributed by atoms with van der Waals surface area (Å²) in [5, 5.41) is 10.3. The lowest BCUT2D eigenvalue weighted by molar-refractivity contribution is -0.157. The topological polar surface area (TPSA) is 58.9 Å². The van der Waals surface area contributed by atoms with Crippen molar-refractivity contribution >= 4 is 11.7 Å². The van der Waals surface area contributed by atoms with E-state index in [4.69, 9.17) is 9.73 Å². The number of aliphatic imine (C=N–C) groups is 1. The molecule has 0 bridgehead atoms. The van der Waals surface area contributed by atoms with Crippen LogP contribution in [0.1, 0.15) is 83.8 Å². The molecular weight excluding hydrogens is 434 g/mol. The van der Waals surface area contributed by atoms with E-state index in [1.165, 1.54) is 32.1 Å². The second-order valence-corrected chi connectivity index (χ2v) is 10.1. The lowest BCUT2D eigenvalue weighted by Gasteiger charge is -2.25. The molecule has 35 heavy (non-hydrogen) atoms. The largest absolute Gasteiger partial charge is 0.455 e. The molecule has 0 saturated heterocycles. The van der Waals surface area contributed by atoms with Gasteiger partial charge < -0.3 is 9.84 Å². The molecule has 0 heterocycles. The summed E-state index contributed by atoms with van der Waals surface area (Å²) in [6.45, 7) is 7.50. The van der Waals surface area contributed by atoms with Gasteiger partial charge in [0, 0.05) is 11.1 Å². The molecule has 0 spiro atoms. The van der Waals surface area contributed by atoms with Crippen LogP contribution in [-0.2, 0) is 9.53 Å². The monoisotopic (exact) mass is 477 g/mol. The van der Waals surface area contributed by atoms with Crippen molar-refractivity contribution in [2.45, 2.75) is 84.8 Å². The molecule has 0 aromatic heterocycles. The molecule has 0 amide bonds. The van der Waals surface area contributed by atoms with Gasteiger partial charge in [0.15, 0.2) is 0 Å². The minimum atomic E-state index is -0.644. The molecule has 4 nitrogen and oxygen atoms in total. The van der Waals surface area contributed by atoms with E-state index in [0.29, 0.717) is 0 Å². The van der Waals surface area contributed by atoms with Crippen LogP contribution in [0.2, 0.25) is 0 Å². The van der Waals surface area contributed by atoms with E-state index < -0.39 is 17.6 Å². The van der Waals surface area contributed by atoms with Crippen LogP contribution in [0.5, 0.6) is 0 Å². The molecule has 0 saturated carbocycles. The van der Waals surface area contributed by atoms with Crippen molar-refractivity contribution in [2.75, 3.05) is 6.61 Å². The summed E-state index contributed by atoms with van der Waals surface area (Å²) < 4.78 is 5.91. The van der Waals surface area contributed by atoms with Crippen molar-refractivity contribution in [3.8, 4) is 0 Å². The Bertz CT molecular complexity index is 872. The van der Waals surface area contributed by atoms with Crippen LogP contribution in [0, 0.1) is 5.41 Å². The van der Waals surface area contributed by atoms with E-state index in [-0.39, 0.29) is 12.6 Å². The quantitative estimate of drug-likeness (QED) is 0.136. The highest BCUT2D eigenvalue weighted by atomic mass is 16.5. The number of aliphatic hydroxyl groups is 1. The van der Waals surface area contributed by atoms with Crippen LogP contribution >= 0.6 is 0 Å². The number of carbonyl (C=O) groups excluding carboxylic acids is 1. The Labute approximate surface area is 212 Å². The zero-order valence-electron chi connectivity index (χ0n) is 22.0. The summed E-state index contributed by atoms with van der Waals surface area (Å²) in [6.07, 6.45) is 11.6. The number of hydrogen-bond acceptors (Lipinski definition) is 4. The highest BCUT2D eigenvalue weighted by Crippen LogP contribution is 2.21. The molecule has 4 heteroatoms. The van der Waals surface area contributed by atoms with Gasteiger partial charge in [-0.15, -0.1) is 0 Å². The minimum absolute atomic E-state index is 0.230. The molecule has 2 aromatic rings. The van der Waals surface area contributed by atoms with Crippen LogP contribution in [0.3, 0.4) is 0 Å². The number of nitrogens with zero attached hydrogens (tertiary/aromatic N) is 1. The number of benzene rings is 2. The van der Waals surface area contributed by atoms with Crippen molar-refractivity contribution in [1.29, 1.82) is 0 Å². The summed E-state index contributed by atoms with van der Waals surface area (Å²) in [6, 6.07) is 19.2. The summed E-state index contributed by atoms with van der Waals surface area (Å²) in [5.41, 5.74) is 2.03. The van der Waals surface area contributed by atoms with Crippen molar-refractivity contribution in [1.82, 2.24) is 0 Å². The average Bonchev–Trinajstić information content (AvgIpc) is 2.86. The molecular formula is C31H43NO3. The molecule has 2 atom stereocenters. The van der Waals surface area contributed by atoms with Crippen LogP contribution in [-0.4, -0.2) is 35.5 Å². The Morgan fingerprint density at radius 3 is 1.97 bits per heavy atom. The maximum absolute atomic E-state index is 12.8. The van der Waals surface area contributed by atoms with Crippen LogP contribution in [0.15, 0.2) is 77.8 Å². The van der Waals surface area contributed by atoms with E-state index in [9.17, 15) is 9.90 Å². The summed E-state index contributed by atoms with van der Waals surface area (Å²) in [4.78, 5) is 17.7. The van der Waals surface area contributed by atoms with Gasteiger partial charge in [0.25, 0.3) is 0 Å². The van der Waals surface area contributed by atoms with Crippen LogP contribution < -0.4 is 0 Å². The van der Waals surface area contributed by atoms with Gasteiger partial charge in [0.1, 0.15) is 12.1 Å². The molecule has 0 aliphatic rings. The van der Waals surface area contributed by atoms with Gasteiger partial charge in [-0.3, -0.25) is 9.79 Å². The Balaban J connectivity index is 2.28. The van der Waals surface area contributed by atoms with E-state index in [1.807, 2.05) is 87.5 Å². The Morgan fingerprint density at radius 1 is 0.914 bits per heavy atom. The zero-order chi connectivity index (χ0) is 25.5. The third-order valence-corrected chi connectivity index (χ3v) is 5.86. The molecule has 0 radical (unpaired) electrons. The fraction of sp³-hybridized carbons (Fsp3) is 0.484. The molecule has 0 unspecified atom stereocenters. The van der Waals surface area contributed by atoms with Crippen molar-refractivity contribution in [2.24, 2.45) is 10.4 Å². The maximum Gasteiger partial charge on any atom is 0.311 e. The molecule has 0 aliphatic heterocycles. The van der Waals surface area contributed by atoms with Crippen LogP contribution in [0.25, 0.3) is 0 Å². The predicted molar refractivity (Wildman–Crippen MR) is 146 cm³/mol. The Morgan fingerprint density at radius 2 is 1.46 bits per heavy atom. The SMILES string of the molecule is CCCCCCCC/C=C/[C@H](OC(=O)C(C)(C)C)[C@H](CO)N=C(c1ccccc1)c1ccccc1. The standard InChI is InChI=1S/C31H43NO3/c1-5-6-7-8-9-10-11-18-23-28(35-30(34)31(2,3)4)27(24-33)32-29(25-19-14-12-15-20-25)26-21-16-13-17-22-26/h12-23,27-28,33H,5-11,24H2,1-4H3/b23-18+/t27-,28-/m0/s1. The number of hydrogen-bond donors (Lipinski definition) is 1. The van der Waals surface area contributed by atoms with Crippen molar-refractivity contribution < 1.29 is 14.6 Å².